The number of amides is 1. The SMILES string of the molecule is CSc1ccc(NC(=O)CCn2c(=O)[nH]c(=O)c3ccccc32)cc1. The van der Waals surface area contributed by atoms with E-state index >= 15 is 0 Å². The monoisotopic (exact) mass is 355 g/mol. The number of aromatic amines is 1. The van der Waals surface area contributed by atoms with Crippen LogP contribution in [0.15, 0.2) is 63.0 Å². The van der Waals surface area contributed by atoms with Crippen molar-refractivity contribution in [3.05, 3.63) is 69.4 Å². The number of aryl methyl sites for hydroxylation is 1. The molecule has 1 aromatic heterocycles. The fourth-order valence-electron chi connectivity index (χ4n) is 2.58. The van der Waals surface area contributed by atoms with Gasteiger partial charge in [-0.1, -0.05) is 12.1 Å². The van der Waals surface area contributed by atoms with Crippen LogP contribution in [0.4, 0.5) is 5.69 Å². The van der Waals surface area contributed by atoms with Crippen molar-refractivity contribution >= 4 is 34.3 Å². The van der Waals surface area contributed by atoms with E-state index in [0.29, 0.717) is 16.6 Å². The third kappa shape index (κ3) is 3.83. The Bertz CT molecular complexity index is 1020. The van der Waals surface area contributed by atoms with Crippen LogP contribution in [-0.2, 0) is 11.3 Å². The van der Waals surface area contributed by atoms with Crippen molar-refractivity contribution in [3.63, 3.8) is 0 Å². The average Bonchev–Trinajstić information content (AvgIpc) is 2.62. The lowest BCUT2D eigenvalue weighted by Crippen LogP contribution is -2.31. The number of fused-ring (bicyclic) bond motifs is 1. The largest absolute Gasteiger partial charge is 0.328 e. The maximum absolute atomic E-state index is 12.2. The van der Waals surface area contributed by atoms with E-state index in [-0.39, 0.29) is 18.9 Å². The second-order valence-corrected chi connectivity index (χ2v) is 6.33. The van der Waals surface area contributed by atoms with Gasteiger partial charge >= 0.3 is 5.69 Å². The first-order valence-corrected chi connectivity index (χ1v) is 8.97. The van der Waals surface area contributed by atoms with E-state index < -0.39 is 11.2 Å². The van der Waals surface area contributed by atoms with Crippen LogP contribution in [-0.4, -0.2) is 21.7 Å². The minimum absolute atomic E-state index is 0.125. The van der Waals surface area contributed by atoms with Crippen LogP contribution in [0, 0.1) is 0 Å². The van der Waals surface area contributed by atoms with E-state index in [2.05, 4.69) is 10.3 Å². The molecule has 2 N–H and O–H groups in total. The summed E-state index contributed by atoms with van der Waals surface area (Å²) in [7, 11) is 0. The summed E-state index contributed by atoms with van der Waals surface area (Å²) >= 11 is 1.63. The van der Waals surface area contributed by atoms with E-state index in [4.69, 9.17) is 0 Å². The van der Waals surface area contributed by atoms with E-state index in [0.717, 1.165) is 4.90 Å². The van der Waals surface area contributed by atoms with Crippen LogP contribution in [0.2, 0.25) is 0 Å². The smallest absolute Gasteiger partial charge is 0.326 e. The molecule has 0 fully saturated rings. The molecule has 0 spiro atoms. The second kappa shape index (κ2) is 7.40. The Balaban J connectivity index is 1.75. The molecular formula is C18H17N3O3S. The third-order valence-electron chi connectivity index (χ3n) is 3.84. The van der Waals surface area contributed by atoms with E-state index in [1.54, 1.807) is 36.0 Å². The molecular weight excluding hydrogens is 338 g/mol. The number of hydrogen-bond donors (Lipinski definition) is 2. The Morgan fingerprint density at radius 2 is 1.84 bits per heavy atom. The molecule has 3 rings (SSSR count). The van der Waals surface area contributed by atoms with Gasteiger partial charge in [-0.05, 0) is 42.7 Å². The van der Waals surface area contributed by atoms with E-state index in [9.17, 15) is 14.4 Å². The molecule has 0 saturated carbocycles. The quantitative estimate of drug-likeness (QED) is 0.689. The molecule has 25 heavy (non-hydrogen) atoms. The number of nitrogens with zero attached hydrogens (tertiary/aromatic N) is 1. The van der Waals surface area contributed by atoms with Crippen molar-refractivity contribution in [3.8, 4) is 0 Å². The van der Waals surface area contributed by atoms with Gasteiger partial charge in [0.05, 0.1) is 10.9 Å². The standard InChI is InChI=1S/C18H17N3O3S/c1-25-13-8-6-12(7-9-13)19-16(22)10-11-21-15-5-3-2-4-14(15)17(23)20-18(21)24/h2-9H,10-11H2,1H3,(H,19,22)(H,20,23,24). The molecule has 0 bridgehead atoms. The van der Waals surface area contributed by atoms with Crippen LogP contribution in [0.25, 0.3) is 10.9 Å². The van der Waals surface area contributed by atoms with Crippen molar-refractivity contribution in [2.75, 3.05) is 11.6 Å². The molecule has 2 aromatic carbocycles. The maximum atomic E-state index is 12.2. The Morgan fingerprint density at radius 1 is 1.12 bits per heavy atom. The van der Waals surface area contributed by atoms with Crippen LogP contribution in [0.3, 0.4) is 0 Å². The maximum Gasteiger partial charge on any atom is 0.328 e. The molecule has 6 nitrogen and oxygen atoms in total. The van der Waals surface area contributed by atoms with Gasteiger partial charge in [-0.25, -0.2) is 4.79 Å². The minimum Gasteiger partial charge on any atom is -0.326 e. The molecule has 0 radical (unpaired) electrons. The van der Waals surface area contributed by atoms with Gasteiger partial charge in [0.2, 0.25) is 5.91 Å². The van der Waals surface area contributed by atoms with Gasteiger partial charge in [-0.2, -0.15) is 0 Å². The zero-order valence-electron chi connectivity index (χ0n) is 13.6. The first kappa shape index (κ1) is 17.0. The Hall–Kier alpha value is -2.80. The van der Waals surface area contributed by atoms with Gasteiger partial charge < -0.3 is 5.32 Å². The number of aromatic nitrogens is 2. The zero-order valence-corrected chi connectivity index (χ0v) is 14.4. The van der Waals surface area contributed by atoms with Gasteiger partial charge in [0.1, 0.15) is 0 Å². The summed E-state index contributed by atoms with van der Waals surface area (Å²) in [5.41, 5.74) is 0.297. The topological polar surface area (TPSA) is 84.0 Å². The predicted molar refractivity (Wildman–Crippen MR) is 100 cm³/mol. The first-order chi connectivity index (χ1) is 12.1. The summed E-state index contributed by atoms with van der Waals surface area (Å²) in [5.74, 6) is -0.195. The molecule has 128 valence electrons. The molecule has 1 amide bonds. The van der Waals surface area contributed by atoms with Crippen LogP contribution < -0.4 is 16.6 Å². The number of carbonyl (C=O) groups is 1. The Kier molecular flexibility index (Phi) is 5.04. The highest BCUT2D eigenvalue weighted by atomic mass is 32.2. The summed E-state index contributed by atoms with van der Waals surface area (Å²) < 4.78 is 1.41. The normalized spacial score (nSPS) is 10.8. The minimum atomic E-state index is -0.513. The molecule has 1 heterocycles. The lowest BCUT2D eigenvalue weighted by molar-refractivity contribution is -0.116. The predicted octanol–water partition coefficient (Wildman–Crippen LogP) is 2.44. The molecule has 0 aliphatic rings. The zero-order chi connectivity index (χ0) is 17.8. The molecule has 0 aliphatic heterocycles. The number of thioether (sulfide) groups is 1. The summed E-state index contributed by atoms with van der Waals surface area (Å²) in [6.07, 6.45) is 2.11. The number of para-hydroxylation sites is 1. The molecule has 0 aliphatic carbocycles. The molecule has 0 atom stereocenters. The number of carbonyl (C=O) groups excluding carboxylic acids is 1. The fraction of sp³-hybridized carbons (Fsp3) is 0.167. The summed E-state index contributed by atoms with van der Waals surface area (Å²) in [4.78, 5) is 39.5. The number of benzene rings is 2. The van der Waals surface area contributed by atoms with Crippen molar-refractivity contribution in [2.24, 2.45) is 0 Å². The molecule has 7 heteroatoms. The van der Waals surface area contributed by atoms with Crippen molar-refractivity contribution in [1.82, 2.24) is 9.55 Å². The van der Waals surface area contributed by atoms with Crippen LogP contribution in [0.5, 0.6) is 0 Å². The van der Waals surface area contributed by atoms with E-state index in [1.165, 1.54) is 4.57 Å². The summed E-state index contributed by atoms with van der Waals surface area (Å²) in [6.45, 7) is 0.185. The van der Waals surface area contributed by atoms with Crippen molar-refractivity contribution in [1.29, 1.82) is 0 Å². The number of rotatable bonds is 5. The van der Waals surface area contributed by atoms with E-state index in [1.807, 2.05) is 30.5 Å². The Labute approximate surface area is 147 Å². The fourth-order valence-corrected chi connectivity index (χ4v) is 2.98. The summed E-state index contributed by atoms with van der Waals surface area (Å²) in [6, 6.07) is 14.4. The van der Waals surface area contributed by atoms with Gasteiger partial charge in [-0.3, -0.25) is 19.1 Å². The molecule has 3 aromatic rings. The van der Waals surface area contributed by atoms with Crippen molar-refractivity contribution < 1.29 is 4.79 Å². The Morgan fingerprint density at radius 3 is 2.56 bits per heavy atom. The number of hydrogen-bond acceptors (Lipinski definition) is 4. The van der Waals surface area contributed by atoms with Gasteiger partial charge in [-0.15, -0.1) is 11.8 Å². The number of nitrogens with one attached hydrogen (secondary N) is 2. The molecule has 0 unspecified atom stereocenters. The third-order valence-corrected chi connectivity index (χ3v) is 4.58. The first-order valence-electron chi connectivity index (χ1n) is 7.74. The van der Waals surface area contributed by atoms with Gasteiger partial charge in [0.15, 0.2) is 0 Å². The highest BCUT2D eigenvalue weighted by Gasteiger charge is 2.09. The lowest BCUT2D eigenvalue weighted by Gasteiger charge is -2.10. The van der Waals surface area contributed by atoms with Gasteiger partial charge in [0.25, 0.3) is 5.56 Å². The van der Waals surface area contributed by atoms with Crippen LogP contribution >= 0.6 is 11.8 Å². The lowest BCUT2D eigenvalue weighted by atomic mass is 10.2. The van der Waals surface area contributed by atoms with Gasteiger partial charge in [0, 0.05) is 23.5 Å². The summed E-state index contributed by atoms with van der Waals surface area (Å²) in [5, 5.41) is 3.23. The van der Waals surface area contributed by atoms with Crippen LogP contribution in [0.1, 0.15) is 6.42 Å². The average molecular weight is 355 g/mol. The van der Waals surface area contributed by atoms with Crippen molar-refractivity contribution in [2.45, 2.75) is 17.9 Å². The second-order valence-electron chi connectivity index (χ2n) is 5.45. The number of H-pyrrole nitrogens is 1. The highest BCUT2D eigenvalue weighted by Crippen LogP contribution is 2.17. The highest BCUT2D eigenvalue weighted by molar-refractivity contribution is 7.98. The molecule has 0 saturated heterocycles. The number of anilines is 1.